The van der Waals surface area contributed by atoms with E-state index in [2.05, 4.69) is 24.0 Å². The Labute approximate surface area is 168 Å². The Morgan fingerprint density at radius 3 is 2.45 bits per heavy atom. The van der Waals surface area contributed by atoms with Gasteiger partial charge in [-0.25, -0.2) is 9.78 Å². The molecule has 0 N–H and O–H groups in total. The van der Waals surface area contributed by atoms with Crippen LogP contribution in [0.3, 0.4) is 0 Å². The zero-order valence-corrected chi connectivity index (χ0v) is 17.1. The molecule has 2 heterocycles. The number of fused-ring (bicyclic) bond motifs is 1. The number of ether oxygens (including phenoxy) is 1. The monoisotopic (exact) mass is 398 g/mol. The minimum absolute atomic E-state index is 0.116. The van der Waals surface area contributed by atoms with E-state index in [1.165, 1.54) is 23.5 Å². The third-order valence-electron chi connectivity index (χ3n) is 5.00. The summed E-state index contributed by atoms with van der Waals surface area (Å²) in [5.74, 6) is -0.323. The number of hydrogen-bond acceptors (Lipinski definition) is 5. The number of rotatable bonds is 8. The molecule has 0 aliphatic heterocycles. The van der Waals surface area contributed by atoms with Crippen molar-refractivity contribution in [3.63, 3.8) is 0 Å². The van der Waals surface area contributed by atoms with Crippen LogP contribution < -0.4 is 11.2 Å². The van der Waals surface area contributed by atoms with Gasteiger partial charge in [0.1, 0.15) is 6.61 Å². The van der Waals surface area contributed by atoms with Crippen molar-refractivity contribution in [2.45, 2.75) is 39.2 Å². The van der Waals surface area contributed by atoms with Gasteiger partial charge in [-0.2, -0.15) is 0 Å². The fourth-order valence-corrected chi connectivity index (χ4v) is 3.25. The van der Waals surface area contributed by atoms with Gasteiger partial charge >= 0.3 is 11.7 Å². The largest absolute Gasteiger partial charge is 0.464 e. The molecule has 1 aromatic carbocycles. The Bertz CT molecular complexity index is 1120. The molecule has 3 rings (SSSR count). The lowest BCUT2D eigenvalue weighted by molar-refractivity contribution is -0.143. The number of unbranched alkanes of at least 4 members (excludes halogenated alkanes) is 1. The van der Waals surface area contributed by atoms with E-state index in [4.69, 9.17) is 4.74 Å². The topological polar surface area (TPSA) is 88.1 Å². The van der Waals surface area contributed by atoms with Crippen LogP contribution in [-0.2, 0) is 43.0 Å². The average Bonchev–Trinajstić information content (AvgIpc) is 3.14. The third-order valence-corrected chi connectivity index (χ3v) is 5.00. The number of benzene rings is 1. The van der Waals surface area contributed by atoms with E-state index >= 15 is 0 Å². The normalized spacial score (nSPS) is 11.1. The maximum Gasteiger partial charge on any atom is 0.332 e. The second kappa shape index (κ2) is 8.89. The van der Waals surface area contributed by atoms with Crippen LogP contribution in [0.4, 0.5) is 0 Å². The first-order valence-corrected chi connectivity index (χ1v) is 9.76. The number of hydrogen-bond donors (Lipinski definition) is 0. The van der Waals surface area contributed by atoms with Crippen molar-refractivity contribution in [1.82, 2.24) is 18.7 Å². The van der Waals surface area contributed by atoms with Crippen molar-refractivity contribution >= 4 is 17.1 Å². The molecule has 0 unspecified atom stereocenters. The molecular formula is C21H26N4O4. The molecule has 2 aromatic heterocycles. The van der Waals surface area contributed by atoms with E-state index in [9.17, 15) is 14.4 Å². The summed E-state index contributed by atoms with van der Waals surface area (Å²) in [6, 6.07) is 8.02. The van der Waals surface area contributed by atoms with Crippen LogP contribution in [0.25, 0.3) is 11.2 Å². The number of esters is 1. The van der Waals surface area contributed by atoms with E-state index in [-0.39, 0.29) is 25.5 Å². The van der Waals surface area contributed by atoms with Crippen LogP contribution in [0.2, 0.25) is 0 Å². The average molecular weight is 398 g/mol. The van der Waals surface area contributed by atoms with Gasteiger partial charge in [-0.3, -0.25) is 18.7 Å². The molecule has 0 spiro atoms. The predicted octanol–water partition coefficient (Wildman–Crippen LogP) is 1.56. The number of imidazole rings is 1. The fraction of sp³-hybridized carbons (Fsp3) is 0.429. The SMILES string of the molecule is CCCCc1ccc(CC(=O)OCCn2cnc3c2c(=O)n(C)c(=O)n3C)cc1. The molecule has 8 heteroatoms. The van der Waals surface area contributed by atoms with Crippen molar-refractivity contribution in [2.24, 2.45) is 14.1 Å². The number of carbonyl (C=O) groups excluding carboxylic acids is 1. The van der Waals surface area contributed by atoms with Crippen molar-refractivity contribution < 1.29 is 9.53 Å². The predicted molar refractivity (Wildman–Crippen MR) is 110 cm³/mol. The summed E-state index contributed by atoms with van der Waals surface area (Å²) < 4.78 is 9.29. The van der Waals surface area contributed by atoms with Gasteiger partial charge in [0.15, 0.2) is 11.2 Å². The molecular weight excluding hydrogens is 372 g/mol. The van der Waals surface area contributed by atoms with Gasteiger partial charge in [0, 0.05) is 14.1 Å². The smallest absolute Gasteiger partial charge is 0.332 e. The minimum Gasteiger partial charge on any atom is -0.464 e. The summed E-state index contributed by atoms with van der Waals surface area (Å²) in [4.78, 5) is 40.6. The van der Waals surface area contributed by atoms with Crippen LogP contribution >= 0.6 is 0 Å². The molecule has 0 saturated heterocycles. The Morgan fingerprint density at radius 2 is 1.76 bits per heavy atom. The zero-order valence-electron chi connectivity index (χ0n) is 17.1. The van der Waals surface area contributed by atoms with Crippen LogP contribution in [0, 0.1) is 0 Å². The summed E-state index contributed by atoms with van der Waals surface area (Å²) in [5, 5.41) is 0. The van der Waals surface area contributed by atoms with Crippen LogP contribution in [-0.4, -0.2) is 31.3 Å². The summed E-state index contributed by atoms with van der Waals surface area (Å²) in [5.41, 5.74) is 1.95. The lowest BCUT2D eigenvalue weighted by Crippen LogP contribution is -2.37. The summed E-state index contributed by atoms with van der Waals surface area (Å²) in [6.07, 6.45) is 5.04. The van der Waals surface area contributed by atoms with Crippen LogP contribution in [0.15, 0.2) is 40.2 Å². The highest BCUT2D eigenvalue weighted by atomic mass is 16.5. The highest BCUT2D eigenvalue weighted by Crippen LogP contribution is 2.09. The van der Waals surface area contributed by atoms with Gasteiger partial charge in [0.2, 0.25) is 0 Å². The molecule has 29 heavy (non-hydrogen) atoms. The van der Waals surface area contributed by atoms with Crippen molar-refractivity contribution in [2.75, 3.05) is 6.61 Å². The molecule has 0 radical (unpaired) electrons. The number of nitrogens with zero attached hydrogens (tertiary/aromatic N) is 4. The van der Waals surface area contributed by atoms with E-state index in [1.54, 1.807) is 11.6 Å². The first-order valence-electron chi connectivity index (χ1n) is 9.76. The van der Waals surface area contributed by atoms with Crippen molar-refractivity contribution in [3.05, 3.63) is 62.6 Å². The number of aryl methyl sites for hydroxylation is 2. The molecule has 0 bridgehead atoms. The van der Waals surface area contributed by atoms with E-state index in [1.807, 2.05) is 12.1 Å². The van der Waals surface area contributed by atoms with Crippen LogP contribution in [0.1, 0.15) is 30.9 Å². The lowest BCUT2D eigenvalue weighted by atomic mass is 10.1. The number of carbonyl (C=O) groups is 1. The van der Waals surface area contributed by atoms with Crippen molar-refractivity contribution in [1.29, 1.82) is 0 Å². The Morgan fingerprint density at radius 1 is 1.07 bits per heavy atom. The first-order chi connectivity index (χ1) is 13.9. The van der Waals surface area contributed by atoms with E-state index in [0.717, 1.165) is 29.4 Å². The second-order valence-electron chi connectivity index (χ2n) is 7.13. The summed E-state index contributed by atoms with van der Waals surface area (Å²) >= 11 is 0. The summed E-state index contributed by atoms with van der Waals surface area (Å²) in [7, 11) is 2.99. The maximum atomic E-state index is 12.4. The molecule has 0 atom stereocenters. The Hall–Kier alpha value is -3.16. The molecule has 154 valence electrons. The quantitative estimate of drug-likeness (QED) is 0.538. The minimum atomic E-state index is -0.431. The van der Waals surface area contributed by atoms with Gasteiger partial charge in [-0.1, -0.05) is 37.6 Å². The molecule has 0 amide bonds. The van der Waals surface area contributed by atoms with Crippen LogP contribution in [0.5, 0.6) is 0 Å². The Kier molecular flexibility index (Phi) is 6.31. The highest BCUT2D eigenvalue weighted by Gasteiger charge is 2.14. The van der Waals surface area contributed by atoms with Gasteiger partial charge in [-0.15, -0.1) is 0 Å². The molecule has 0 aliphatic rings. The van der Waals surface area contributed by atoms with Gasteiger partial charge in [0.25, 0.3) is 5.56 Å². The third kappa shape index (κ3) is 4.47. The summed E-state index contributed by atoms with van der Waals surface area (Å²) in [6.45, 7) is 2.56. The lowest BCUT2D eigenvalue weighted by Gasteiger charge is -2.08. The van der Waals surface area contributed by atoms with Gasteiger partial charge in [-0.05, 0) is 24.0 Å². The first kappa shape index (κ1) is 20.6. The van der Waals surface area contributed by atoms with E-state index < -0.39 is 11.2 Å². The highest BCUT2D eigenvalue weighted by molar-refractivity contribution is 5.72. The second-order valence-corrected chi connectivity index (χ2v) is 7.13. The van der Waals surface area contributed by atoms with Crippen molar-refractivity contribution in [3.8, 4) is 0 Å². The van der Waals surface area contributed by atoms with E-state index in [0.29, 0.717) is 11.2 Å². The molecule has 8 nitrogen and oxygen atoms in total. The standard InChI is InChI=1S/C21H26N4O4/c1-4-5-6-15-7-9-16(10-8-15)13-17(26)29-12-11-25-14-22-19-18(25)20(27)24(3)21(28)23(19)2/h7-10,14H,4-6,11-13H2,1-3H3. The molecule has 0 saturated carbocycles. The Balaban J connectivity index is 1.59. The van der Waals surface area contributed by atoms with Gasteiger partial charge < -0.3 is 9.30 Å². The fourth-order valence-electron chi connectivity index (χ4n) is 3.25. The zero-order chi connectivity index (χ0) is 21.0. The molecule has 0 aliphatic carbocycles. The molecule has 3 aromatic rings. The number of aromatic nitrogens is 4. The van der Waals surface area contributed by atoms with Gasteiger partial charge in [0.05, 0.1) is 19.3 Å². The maximum absolute atomic E-state index is 12.4. The molecule has 0 fully saturated rings.